The van der Waals surface area contributed by atoms with Crippen molar-refractivity contribution >= 4 is 11.7 Å². The predicted octanol–water partition coefficient (Wildman–Crippen LogP) is 3.98. The van der Waals surface area contributed by atoms with Gasteiger partial charge in [0.1, 0.15) is 0 Å². The predicted molar refractivity (Wildman–Crippen MR) is 105 cm³/mol. The molecule has 6 nitrogen and oxygen atoms in total. The molecule has 0 spiro atoms. The van der Waals surface area contributed by atoms with Crippen LogP contribution in [0, 0.1) is 0 Å². The molecule has 2 heterocycles. The van der Waals surface area contributed by atoms with Crippen molar-refractivity contribution in [3.05, 3.63) is 97.1 Å². The maximum atomic E-state index is 12.2. The van der Waals surface area contributed by atoms with Crippen molar-refractivity contribution in [1.29, 1.82) is 0 Å². The lowest BCUT2D eigenvalue weighted by Gasteiger charge is -2.10. The third-order valence-electron chi connectivity index (χ3n) is 4.16. The fourth-order valence-electron chi connectivity index (χ4n) is 2.80. The second-order valence-electron chi connectivity index (χ2n) is 6.07. The van der Waals surface area contributed by atoms with E-state index in [0.717, 1.165) is 22.6 Å². The molecule has 0 aliphatic heterocycles. The Hall–Kier alpha value is -3.80. The van der Waals surface area contributed by atoms with Crippen LogP contribution in [0.3, 0.4) is 0 Å². The molecule has 0 saturated carbocycles. The maximum Gasteiger partial charge on any atom is 0.319 e. The molecule has 2 aromatic heterocycles. The number of rotatable bonds is 5. The van der Waals surface area contributed by atoms with Gasteiger partial charge in [0.2, 0.25) is 0 Å². The summed E-state index contributed by atoms with van der Waals surface area (Å²) in [7, 11) is 0. The van der Waals surface area contributed by atoms with Crippen LogP contribution < -0.4 is 10.6 Å². The van der Waals surface area contributed by atoms with E-state index < -0.39 is 0 Å². The molecule has 4 aromatic rings. The summed E-state index contributed by atoms with van der Waals surface area (Å²) >= 11 is 0. The number of nitrogens with one attached hydrogen (secondary N) is 2. The molecule has 0 unspecified atom stereocenters. The molecule has 134 valence electrons. The summed E-state index contributed by atoms with van der Waals surface area (Å²) < 4.78 is 3.78. The first-order valence-corrected chi connectivity index (χ1v) is 8.65. The van der Waals surface area contributed by atoms with E-state index in [2.05, 4.69) is 15.7 Å². The van der Waals surface area contributed by atoms with Crippen molar-refractivity contribution < 1.29 is 4.79 Å². The summed E-state index contributed by atoms with van der Waals surface area (Å²) in [5, 5.41) is 9.95. The molecule has 0 radical (unpaired) electrons. The van der Waals surface area contributed by atoms with E-state index in [4.69, 9.17) is 0 Å². The second-order valence-corrected chi connectivity index (χ2v) is 6.07. The van der Waals surface area contributed by atoms with Gasteiger partial charge in [0.05, 0.1) is 5.69 Å². The summed E-state index contributed by atoms with van der Waals surface area (Å²) in [5.74, 6) is 0. The van der Waals surface area contributed by atoms with E-state index in [-0.39, 0.29) is 6.03 Å². The molecule has 2 amide bonds. The van der Waals surface area contributed by atoms with Crippen LogP contribution in [0.5, 0.6) is 0 Å². The number of hydrogen-bond donors (Lipinski definition) is 2. The molecule has 0 aliphatic rings. The summed E-state index contributed by atoms with van der Waals surface area (Å²) in [5.41, 5.74) is 3.73. The molecule has 2 N–H and O–H groups in total. The third-order valence-corrected chi connectivity index (χ3v) is 4.16. The smallest absolute Gasteiger partial charge is 0.319 e. The Bertz CT molecular complexity index is 1010. The SMILES string of the molecule is O=C(NCc1ccc(-n2cccn2)cc1)Nc1cccc(-n2cccc2)c1. The van der Waals surface area contributed by atoms with Crippen molar-refractivity contribution in [1.82, 2.24) is 19.7 Å². The van der Waals surface area contributed by atoms with Crippen LogP contribution in [0.25, 0.3) is 11.4 Å². The second kappa shape index (κ2) is 7.61. The molecular formula is C21H19N5O. The van der Waals surface area contributed by atoms with Crippen LogP contribution >= 0.6 is 0 Å². The largest absolute Gasteiger partial charge is 0.334 e. The molecule has 0 atom stereocenters. The number of urea groups is 1. The Morgan fingerprint density at radius 1 is 0.889 bits per heavy atom. The number of hydrogen-bond acceptors (Lipinski definition) is 2. The lowest BCUT2D eigenvalue weighted by Crippen LogP contribution is -2.28. The molecule has 0 saturated heterocycles. The zero-order valence-corrected chi connectivity index (χ0v) is 14.6. The van der Waals surface area contributed by atoms with Gasteiger partial charge in [0.25, 0.3) is 0 Å². The van der Waals surface area contributed by atoms with Gasteiger partial charge in [0.15, 0.2) is 0 Å². The Morgan fingerprint density at radius 3 is 2.44 bits per heavy atom. The van der Waals surface area contributed by atoms with Gasteiger partial charge in [-0.15, -0.1) is 0 Å². The van der Waals surface area contributed by atoms with Crippen molar-refractivity contribution in [2.45, 2.75) is 6.54 Å². The monoisotopic (exact) mass is 357 g/mol. The minimum atomic E-state index is -0.240. The quantitative estimate of drug-likeness (QED) is 0.567. The Morgan fingerprint density at radius 2 is 1.70 bits per heavy atom. The zero-order chi connectivity index (χ0) is 18.5. The molecule has 0 bridgehead atoms. The van der Waals surface area contributed by atoms with Crippen molar-refractivity contribution in [2.24, 2.45) is 0 Å². The number of aromatic nitrogens is 3. The summed E-state index contributed by atoms with van der Waals surface area (Å²) in [6, 6.07) is 21.2. The average Bonchev–Trinajstić information content (AvgIpc) is 3.41. The van der Waals surface area contributed by atoms with Crippen LogP contribution in [-0.4, -0.2) is 20.4 Å². The maximum absolute atomic E-state index is 12.2. The number of anilines is 1. The number of benzene rings is 2. The fraction of sp³-hybridized carbons (Fsp3) is 0.0476. The highest BCUT2D eigenvalue weighted by Gasteiger charge is 2.04. The Kier molecular flexibility index (Phi) is 4.70. The van der Waals surface area contributed by atoms with E-state index in [1.54, 1.807) is 10.9 Å². The van der Waals surface area contributed by atoms with E-state index >= 15 is 0 Å². The zero-order valence-electron chi connectivity index (χ0n) is 14.6. The Labute approximate surface area is 157 Å². The first kappa shape index (κ1) is 16.7. The summed E-state index contributed by atoms with van der Waals surface area (Å²) in [6.07, 6.45) is 7.56. The molecule has 4 rings (SSSR count). The Balaban J connectivity index is 1.34. The van der Waals surface area contributed by atoms with Crippen LogP contribution in [0.2, 0.25) is 0 Å². The lowest BCUT2D eigenvalue weighted by molar-refractivity contribution is 0.251. The normalized spacial score (nSPS) is 10.5. The topological polar surface area (TPSA) is 63.9 Å². The summed E-state index contributed by atoms with van der Waals surface area (Å²) in [6.45, 7) is 0.447. The highest BCUT2D eigenvalue weighted by molar-refractivity contribution is 5.89. The minimum Gasteiger partial charge on any atom is -0.334 e. The molecule has 2 aromatic carbocycles. The van der Waals surface area contributed by atoms with E-state index in [1.165, 1.54) is 0 Å². The third kappa shape index (κ3) is 4.07. The lowest BCUT2D eigenvalue weighted by atomic mass is 10.2. The standard InChI is InChI=1S/C21H19N5O/c27-21(24-18-5-3-6-20(15-18)25-12-1-2-13-25)22-16-17-7-9-19(10-8-17)26-14-4-11-23-26/h1-15H,16H2,(H2,22,24,27). The molecule has 0 aliphatic carbocycles. The summed E-state index contributed by atoms with van der Waals surface area (Å²) in [4.78, 5) is 12.2. The number of carbonyl (C=O) groups excluding carboxylic acids is 1. The van der Waals surface area contributed by atoms with E-state index in [9.17, 15) is 4.79 Å². The highest BCUT2D eigenvalue weighted by atomic mass is 16.2. The van der Waals surface area contributed by atoms with Crippen molar-refractivity contribution in [3.63, 3.8) is 0 Å². The number of nitrogens with zero attached hydrogens (tertiary/aromatic N) is 3. The van der Waals surface area contributed by atoms with Crippen LogP contribution in [0.4, 0.5) is 10.5 Å². The minimum absolute atomic E-state index is 0.240. The van der Waals surface area contributed by atoms with Gasteiger partial charge >= 0.3 is 6.03 Å². The van der Waals surface area contributed by atoms with Crippen LogP contribution in [-0.2, 0) is 6.54 Å². The van der Waals surface area contributed by atoms with E-state index in [1.807, 2.05) is 89.9 Å². The molecule has 6 heteroatoms. The van der Waals surface area contributed by atoms with Gasteiger partial charge in [-0.2, -0.15) is 5.10 Å². The van der Waals surface area contributed by atoms with Crippen molar-refractivity contribution in [2.75, 3.05) is 5.32 Å². The molecular weight excluding hydrogens is 338 g/mol. The van der Waals surface area contributed by atoms with Crippen LogP contribution in [0.1, 0.15) is 5.56 Å². The fourth-order valence-corrected chi connectivity index (χ4v) is 2.80. The number of amides is 2. The van der Waals surface area contributed by atoms with Gasteiger partial charge in [-0.1, -0.05) is 18.2 Å². The van der Waals surface area contributed by atoms with Gasteiger partial charge in [0, 0.05) is 42.7 Å². The molecule has 0 fully saturated rings. The van der Waals surface area contributed by atoms with Crippen LogP contribution in [0.15, 0.2) is 91.5 Å². The number of carbonyl (C=O) groups is 1. The average molecular weight is 357 g/mol. The van der Waals surface area contributed by atoms with Gasteiger partial charge < -0.3 is 15.2 Å². The van der Waals surface area contributed by atoms with Gasteiger partial charge in [-0.05, 0) is 54.1 Å². The first-order chi connectivity index (χ1) is 13.3. The van der Waals surface area contributed by atoms with Crippen molar-refractivity contribution in [3.8, 4) is 11.4 Å². The van der Waals surface area contributed by atoms with E-state index in [0.29, 0.717) is 6.54 Å². The first-order valence-electron chi connectivity index (χ1n) is 8.65. The molecule has 27 heavy (non-hydrogen) atoms. The highest BCUT2D eigenvalue weighted by Crippen LogP contribution is 2.15. The van der Waals surface area contributed by atoms with Gasteiger partial charge in [-0.3, -0.25) is 0 Å². The van der Waals surface area contributed by atoms with Gasteiger partial charge in [-0.25, -0.2) is 9.48 Å².